The first-order valence-corrected chi connectivity index (χ1v) is 5.69. The third kappa shape index (κ3) is 2.17. The van der Waals surface area contributed by atoms with Gasteiger partial charge in [-0.2, -0.15) is 0 Å². The molecule has 0 saturated carbocycles. The van der Waals surface area contributed by atoms with Crippen LogP contribution in [0.15, 0.2) is 18.2 Å². The van der Waals surface area contributed by atoms with Crippen LogP contribution in [0.25, 0.3) is 0 Å². The van der Waals surface area contributed by atoms with E-state index in [0.717, 1.165) is 15.5 Å². The van der Waals surface area contributed by atoms with Crippen molar-refractivity contribution in [1.29, 1.82) is 0 Å². The molecule has 2 rings (SSSR count). The van der Waals surface area contributed by atoms with Crippen LogP contribution < -0.4 is 4.35 Å². The van der Waals surface area contributed by atoms with Crippen molar-refractivity contribution in [3.63, 3.8) is 0 Å². The number of benzene rings is 1. The van der Waals surface area contributed by atoms with E-state index < -0.39 is 5.92 Å². The van der Waals surface area contributed by atoms with Crippen molar-refractivity contribution < 1.29 is 8.78 Å². The molecular weight excluding hydrogens is 245 g/mol. The fraction of sp³-hybridized carbons (Fsp3) is 0.455. The van der Waals surface area contributed by atoms with Crippen LogP contribution in [0.4, 0.5) is 8.78 Å². The standard InChI is InChI=1S/C11H11AsF2/c12-10-2-1-8-3-5-11(13,14)6-4-9(8)7-10/h1-2,7H,3-6H2. The Kier molecular flexibility index (Phi) is 2.66. The first-order chi connectivity index (χ1) is 6.57. The van der Waals surface area contributed by atoms with Crippen molar-refractivity contribution in [2.75, 3.05) is 0 Å². The van der Waals surface area contributed by atoms with Gasteiger partial charge in [-0.1, -0.05) is 0 Å². The van der Waals surface area contributed by atoms with E-state index >= 15 is 0 Å². The number of rotatable bonds is 0. The fourth-order valence-corrected chi connectivity index (χ4v) is 2.33. The number of fused-ring (bicyclic) bond motifs is 1. The number of hydrogen-bond acceptors (Lipinski definition) is 0. The van der Waals surface area contributed by atoms with E-state index in [1.165, 1.54) is 0 Å². The van der Waals surface area contributed by atoms with Crippen LogP contribution in [-0.2, 0) is 12.8 Å². The van der Waals surface area contributed by atoms with Gasteiger partial charge >= 0.3 is 90.9 Å². The molecule has 0 amide bonds. The van der Waals surface area contributed by atoms with Gasteiger partial charge in [0, 0.05) is 0 Å². The topological polar surface area (TPSA) is 0 Å². The van der Waals surface area contributed by atoms with Crippen LogP contribution in [0, 0.1) is 0 Å². The van der Waals surface area contributed by atoms with E-state index in [1.54, 1.807) is 0 Å². The van der Waals surface area contributed by atoms with Crippen molar-refractivity contribution in [3.8, 4) is 0 Å². The summed E-state index contributed by atoms with van der Waals surface area (Å²) in [4.78, 5) is 0. The molecule has 74 valence electrons. The summed E-state index contributed by atoms with van der Waals surface area (Å²) in [5.74, 6) is -2.47. The van der Waals surface area contributed by atoms with Crippen molar-refractivity contribution in [1.82, 2.24) is 0 Å². The van der Waals surface area contributed by atoms with Crippen molar-refractivity contribution in [2.24, 2.45) is 0 Å². The Morgan fingerprint density at radius 3 is 2.43 bits per heavy atom. The van der Waals surface area contributed by atoms with E-state index in [1.807, 2.05) is 18.2 Å². The molecule has 0 heterocycles. The molecule has 1 aliphatic carbocycles. The molecule has 0 fully saturated rings. The zero-order chi connectivity index (χ0) is 10.2. The molecule has 1 aromatic rings. The first-order valence-electron chi connectivity index (χ1n) is 4.75. The van der Waals surface area contributed by atoms with Crippen LogP contribution in [-0.4, -0.2) is 22.8 Å². The zero-order valence-corrected chi connectivity index (χ0v) is 9.64. The average Bonchev–Trinajstić information content (AvgIpc) is 2.26. The molecule has 3 heteroatoms. The summed E-state index contributed by atoms with van der Waals surface area (Å²) in [6.07, 6.45) is 1.01. The summed E-state index contributed by atoms with van der Waals surface area (Å²) in [6.45, 7) is 0. The molecule has 0 spiro atoms. The van der Waals surface area contributed by atoms with Crippen molar-refractivity contribution in [3.05, 3.63) is 29.3 Å². The number of alkyl halides is 2. The Labute approximate surface area is 91.2 Å². The van der Waals surface area contributed by atoms with Gasteiger partial charge in [0.05, 0.1) is 0 Å². The number of aryl methyl sites for hydroxylation is 2. The Hall–Kier alpha value is -0.362. The van der Waals surface area contributed by atoms with Gasteiger partial charge in [0.15, 0.2) is 0 Å². The Morgan fingerprint density at radius 1 is 1.07 bits per heavy atom. The molecule has 0 atom stereocenters. The molecule has 0 aromatic heterocycles. The second kappa shape index (κ2) is 3.66. The van der Waals surface area contributed by atoms with Gasteiger partial charge in [-0.15, -0.1) is 0 Å². The minimum absolute atomic E-state index is 0.00207. The van der Waals surface area contributed by atoms with Crippen LogP contribution >= 0.6 is 0 Å². The summed E-state index contributed by atoms with van der Waals surface area (Å²) in [5.41, 5.74) is 2.19. The summed E-state index contributed by atoms with van der Waals surface area (Å²) < 4.78 is 27.4. The molecule has 14 heavy (non-hydrogen) atoms. The van der Waals surface area contributed by atoms with Gasteiger partial charge < -0.3 is 0 Å². The number of hydrogen-bond donors (Lipinski definition) is 0. The van der Waals surface area contributed by atoms with Crippen molar-refractivity contribution in [2.45, 2.75) is 31.6 Å². The van der Waals surface area contributed by atoms with Gasteiger partial charge in [-0.25, -0.2) is 0 Å². The van der Waals surface area contributed by atoms with E-state index in [0.29, 0.717) is 12.8 Å². The van der Waals surface area contributed by atoms with E-state index in [4.69, 9.17) is 0 Å². The third-order valence-corrected chi connectivity index (χ3v) is 3.29. The quantitative estimate of drug-likeness (QED) is 0.492. The second-order valence-electron chi connectivity index (χ2n) is 3.81. The predicted octanol–water partition coefficient (Wildman–Crippen LogP) is 1.99. The van der Waals surface area contributed by atoms with E-state index in [9.17, 15) is 8.78 Å². The zero-order valence-electron chi connectivity index (χ0n) is 7.76. The SMILES string of the molecule is FC1(F)CCc2ccc([As])cc2CC1. The monoisotopic (exact) mass is 256 g/mol. The Morgan fingerprint density at radius 2 is 1.71 bits per heavy atom. The predicted molar refractivity (Wildman–Crippen MR) is 53.4 cm³/mol. The maximum atomic E-state index is 13.1. The van der Waals surface area contributed by atoms with Crippen LogP contribution in [0.1, 0.15) is 24.0 Å². The maximum absolute atomic E-state index is 13.1. The summed E-state index contributed by atoms with van der Waals surface area (Å²) in [6, 6.07) is 5.96. The summed E-state index contributed by atoms with van der Waals surface area (Å²) in [5, 5.41) is 0. The molecule has 0 bridgehead atoms. The molecule has 0 aliphatic heterocycles. The molecular formula is C11H11AsF2. The second-order valence-corrected chi connectivity index (χ2v) is 4.89. The van der Waals surface area contributed by atoms with Gasteiger partial charge in [0.25, 0.3) is 0 Å². The first kappa shape index (κ1) is 10.2. The van der Waals surface area contributed by atoms with Gasteiger partial charge in [-0.3, -0.25) is 0 Å². The normalized spacial score (nSPS) is 19.9. The fourth-order valence-electron chi connectivity index (χ4n) is 1.85. The molecule has 0 nitrogen and oxygen atoms in total. The Bertz CT molecular complexity index is 347. The molecule has 0 saturated heterocycles. The number of halogens is 2. The molecule has 2 radical (unpaired) electrons. The van der Waals surface area contributed by atoms with E-state index in [-0.39, 0.29) is 12.8 Å². The minimum atomic E-state index is -2.47. The molecule has 1 aliphatic rings. The summed E-state index contributed by atoms with van der Waals surface area (Å²) in [7, 11) is 0. The van der Waals surface area contributed by atoms with Crippen LogP contribution in [0.2, 0.25) is 0 Å². The van der Waals surface area contributed by atoms with Gasteiger partial charge in [0.1, 0.15) is 0 Å². The molecule has 0 unspecified atom stereocenters. The van der Waals surface area contributed by atoms with Gasteiger partial charge in [-0.05, 0) is 0 Å². The Balaban J connectivity index is 2.30. The molecule has 0 N–H and O–H groups in total. The summed E-state index contributed by atoms with van der Waals surface area (Å²) >= 11 is 2.45. The van der Waals surface area contributed by atoms with Gasteiger partial charge in [0.2, 0.25) is 0 Å². The van der Waals surface area contributed by atoms with Crippen molar-refractivity contribution >= 4 is 21.2 Å². The average molecular weight is 256 g/mol. The molecule has 1 aromatic carbocycles. The third-order valence-electron chi connectivity index (χ3n) is 2.71. The van der Waals surface area contributed by atoms with E-state index in [2.05, 4.69) is 16.9 Å². The van der Waals surface area contributed by atoms with Crippen LogP contribution in [0.3, 0.4) is 0 Å². The van der Waals surface area contributed by atoms with Crippen LogP contribution in [0.5, 0.6) is 0 Å².